The molecule has 3 rings (SSSR count). The zero-order valence-corrected chi connectivity index (χ0v) is 25.1. The van der Waals surface area contributed by atoms with E-state index < -0.39 is 53.7 Å². The van der Waals surface area contributed by atoms with Gasteiger partial charge in [-0.2, -0.15) is 0 Å². The molecule has 0 radical (unpaired) electrons. The van der Waals surface area contributed by atoms with Gasteiger partial charge in [-0.15, -0.1) is 0 Å². The standard InChI is InChI=1S/C30H36ClFN2O7/c1-8-13-34(28(38)41-29(3,4)5)16-24(36)39-26-25(33-27(37)19-9-11-22(32)21(31)15-19)20-14-18(17(2)35)10-12-23(20)40-30(26,6)7/h9-12,14-15,25-26H,8,13,16H2,1-7H3,(H,33,37)/t25-,26+/m1/s1. The lowest BCUT2D eigenvalue weighted by atomic mass is 9.85. The molecule has 0 aliphatic carbocycles. The van der Waals surface area contributed by atoms with Crippen LogP contribution in [0.1, 0.15) is 87.2 Å². The molecule has 0 saturated carbocycles. The van der Waals surface area contributed by atoms with Crippen molar-refractivity contribution in [3.8, 4) is 5.75 Å². The Labute approximate surface area is 244 Å². The first kappa shape index (κ1) is 31.9. The Bertz CT molecular complexity index is 1340. The number of nitrogens with zero attached hydrogens (tertiary/aromatic N) is 1. The summed E-state index contributed by atoms with van der Waals surface area (Å²) in [7, 11) is 0. The maximum Gasteiger partial charge on any atom is 0.410 e. The number of esters is 1. The maximum absolute atomic E-state index is 13.7. The van der Waals surface area contributed by atoms with Gasteiger partial charge in [0.2, 0.25) is 0 Å². The molecule has 2 amide bonds. The number of hydrogen-bond donors (Lipinski definition) is 1. The molecule has 11 heteroatoms. The zero-order valence-electron chi connectivity index (χ0n) is 24.3. The fourth-order valence-corrected chi connectivity index (χ4v) is 4.58. The number of carbonyl (C=O) groups excluding carboxylic acids is 4. The molecule has 0 spiro atoms. The molecule has 1 aliphatic rings. The van der Waals surface area contributed by atoms with Crippen LogP contribution in [0.4, 0.5) is 9.18 Å². The number of Topliss-reactive ketones (excluding diaryl/α,β-unsaturated/α-hetero) is 1. The van der Waals surface area contributed by atoms with E-state index in [9.17, 15) is 23.6 Å². The predicted octanol–water partition coefficient (Wildman–Crippen LogP) is 5.88. The normalized spacial score (nSPS) is 17.5. The van der Waals surface area contributed by atoms with Gasteiger partial charge >= 0.3 is 12.1 Å². The molecule has 2 aromatic rings. The average molecular weight is 591 g/mol. The molecule has 1 aliphatic heterocycles. The van der Waals surface area contributed by atoms with Crippen molar-refractivity contribution in [1.82, 2.24) is 10.2 Å². The highest BCUT2D eigenvalue weighted by atomic mass is 35.5. The first-order chi connectivity index (χ1) is 19.0. The third kappa shape index (κ3) is 7.97. The second-order valence-electron chi connectivity index (χ2n) is 11.4. The number of benzene rings is 2. The number of amides is 2. The SMILES string of the molecule is CCCN(CC(=O)O[C@H]1[C@H](NC(=O)c2ccc(F)c(Cl)c2)c2cc(C(C)=O)ccc2OC1(C)C)C(=O)OC(C)(C)C. The minimum absolute atomic E-state index is 0.0779. The van der Waals surface area contributed by atoms with Gasteiger partial charge in [0.05, 0.1) is 11.1 Å². The molecule has 1 N–H and O–H groups in total. The Morgan fingerprint density at radius 3 is 2.34 bits per heavy atom. The van der Waals surface area contributed by atoms with Crippen LogP contribution in [-0.4, -0.2) is 59.0 Å². The molecule has 222 valence electrons. The van der Waals surface area contributed by atoms with E-state index >= 15 is 0 Å². The van der Waals surface area contributed by atoms with E-state index in [2.05, 4.69) is 5.32 Å². The number of hydrogen-bond acceptors (Lipinski definition) is 7. The van der Waals surface area contributed by atoms with Crippen LogP contribution < -0.4 is 10.1 Å². The van der Waals surface area contributed by atoms with Crippen molar-refractivity contribution in [3.05, 3.63) is 63.9 Å². The van der Waals surface area contributed by atoms with E-state index in [1.165, 1.54) is 24.0 Å². The Morgan fingerprint density at radius 1 is 1.10 bits per heavy atom. The lowest BCUT2D eigenvalue weighted by Crippen LogP contribution is -2.56. The van der Waals surface area contributed by atoms with E-state index in [1.807, 2.05) is 6.92 Å². The fraction of sp³-hybridized carbons (Fsp3) is 0.467. The number of halogens is 2. The number of fused-ring (bicyclic) bond motifs is 1. The van der Waals surface area contributed by atoms with Crippen molar-refractivity contribution in [3.63, 3.8) is 0 Å². The summed E-state index contributed by atoms with van der Waals surface area (Å²) in [5, 5.41) is 2.62. The van der Waals surface area contributed by atoms with Crippen molar-refractivity contribution >= 4 is 35.4 Å². The van der Waals surface area contributed by atoms with Gasteiger partial charge in [0.25, 0.3) is 5.91 Å². The molecular formula is C30H36ClFN2O7. The number of ketones is 1. The summed E-state index contributed by atoms with van der Waals surface area (Å²) in [5.41, 5.74) is -1.06. The van der Waals surface area contributed by atoms with E-state index in [-0.39, 0.29) is 22.9 Å². The van der Waals surface area contributed by atoms with Gasteiger partial charge in [-0.25, -0.2) is 9.18 Å². The van der Waals surface area contributed by atoms with Crippen molar-refractivity contribution in [2.45, 2.75) is 78.2 Å². The molecule has 41 heavy (non-hydrogen) atoms. The second-order valence-corrected chi connectivity index (χ2v) is 11.8. The highest BCUT2D eigenvalue weighted by Crippen LogP contribution is 2.42. The van der Waals surface area contributed by atoms with Crippen LogP contribution in [0, 0.1) is 5.82 Å². The lowest BCUT2D eigenvalue weighted by molar-refractivity contribution is -0.166. The number of rotatable bonds is 8. The number of nitrogens with one attached hydrogen (secondary N) is 1. The van der Waals surface area contributed by atoms with Crippen LogP contribution in [0.3, 0.4) is 0 Å². The molecule has 0 bridgehead atoms. The summed E-state index contributed by atoms with van der Waals surface area (Å²) >= 11 is 5.90. The zero-order chi connectivity index (χ0) is 30.7. The minimum atomic E-state index is -1.15. The molecule has 2 atom stereocenters. The molecule has 0 unspecified atom stereocenters. The second kappa shape index (κ2) is 12.5. The number of carbonyl (C=O) groups is 4. The van der Waals surface area contributed by atoms with Crippen LogP contribution in [0.15, 0.2) is 36.4 Å². The Balaban J connectivity index is 1.97. The molecule has 0 saturated heterocycles. The first-order valence-electron chi connectivity index (χ1n) is 13.3. The topological polar surface area (TPSA) is 111 Å². The minimum Gasteiger partial charge on any atom is -0.484 e. The van der Waals surface area contributed by atoms with Gasteiger partial charge in [-0.3, -0.25) is 19.3 Å². The molecule has 0 fully saturated rings. The summed E-state index contributed by atoms with van der Waals surface area (Å²) in [6, 6.07) is 7.35. The largest absolute Gasteiger partial charge is 0.484 e. The maximum atomic E-state index is 13.7. The molecule has 0 aromatic heterocycles. The van der Waals surface area contributed by atoms with Crippen LogP contribution in [-0.2, 0) is 14.3 Å². The van der Waals surface area contributed by atoms with Gasteiger partial charge in [0.1, 0.15) is 29.3 Å². The van der Waals surface area contributed by atoms with Crippen molar-refractivity contribution in [2.75, 3.05) is 13.1 Å². The van der Waals surface area contributed by atoms with Crippen LogP contribution in [0.2, 0.25) is 5.02 Å². The summed E-state index contributed by atoms with van der Waals surface area (Å²) < 4.78 is 31.3. The Morgan fingerprint density at radius 2 is 1.76 bits per heavy atom. The van der Waals surface area contributed by atoms with Gasteiger partial charge in [0.15, 0.2) is 11.9 Å². The highest BCUT2D eigenvalue weighted by Gasteiger charge is 2.48. The van der Waals surface area contributed by atoms with Gasteiger partial charge < -0.3 is 19.5 Å². The third-order valence-electron chi connectivity index (χ3n) is 6.30. The van der Waals surface area contributed by atoms with E-state index in [4.69, 9.17) is 25.8 Å². The molecule has 1 heterocycles. The first-order valence-corrected chi connectivity index (χ1v) is 13.7. The van der Waals surface area contributed by atoms with Crippen LogP contribution in [0.5, 0.6) is 5.75 Å². The Hall–Kier alpha value is -3.66. The van der Waals surface area contributed by atoms with E-state index in [0.29, 0.717) is 23.3 Å². The van der Waals surface area contributed by atoms with Gasteiger partial charge in [0, 0.05) is 23.2 Å². The van der Waals surface area contributed by atoms with Crippen molar-refractivity contribution in [2.24, 2.45) is 0 Å². The Kier molecular flexibility index (Phi) is 9.69. The molecule has 9 nitrogen and oxygen atoms in total. The average Bonchev–Trinajstić information content (AvgIpc) is 2.85. The molecular weight excluding hydrogens is 555 g/mol. The van der Waals surface area contributed by atoms with Crippen LogP contribution in [0.25, 0.3) is 0 Å². The van der Waals surface area contributed by atoms with Crippen LogP contribution >= 0.6 is 11.6 Å². The van der Waals surface area contributed by atoms with Crippen molar-refractivity contribution < 1.29 is 37.8 Å². The summed E-state index contributed by atoms with van der Waals surface area (Å²) in [5.74, 6) is -1.87. The fourth-order valence-electron chi connectivity index (χ4n) is 4.40. The summed E-state index contributed by atoms with van der Waals surface area (Å²) in [4.78, 5) is 52.7. The van der Waals surface area contributed by atoms with E-state index in [1.54, 1.807) is 52.8 Å². The smallest absolute Gasteiger partial charge is 0.410 e. The monoisotopic (exact) mass is 590 g/mol. The molecule has 2 aromatic carbocycles. The third-order valence-corrected chi connectivity index (χ3v) is 6.59. The summed E-state index contributed by atoms with van der Waals surface area (Å²) in [6.07, 6.45) is -1.18. The van der Waals surface area contributed by atoms with Gasteiger partial charge in [-0.1, -0.05) is 18.5 Å². The van der Waals surface area contributed by atoms with Gasteiger partial charge in [-0.05, 0) is 84.4 Å². The number of ether oxygens (including phenoxy) is 3. The summed E-state index contributed by atoms with van der Waals surface area (Å²) in [6.45, 7) is 11.7. The quantitative estimate of drug-likeness (QED) is 0.302. The van der Waals surface area contributed by atoms with E-state index in [0.717, 1.165) is 6.07 Å². The van der Waals surface area contributed by atoms with Crippen molar-refractivity contribution in [1.29, 1.82) is 0 Å². The lowest BCUT2D eigenvalue weighted by Gasteiger charge is -2.44. The predicted molar refractivity (Wildman–Crippen MR) is 151 cm³/mol. The highest BCUT2D eigenvalue weighted by molar-refractivity contribution is 6.31.